The second-order valence-corrected chi connectivity index (χ2v) is 3.47. The van der Waals surface area contributed by atoms with Crippen molar-refractivity contribution in [2.75, 3.05) is 0 Å². The van der Waals surface area contributed by atoms with E-state index in [2.05, 4.69) is 4.98 Å². The van der Waals surface area contributed by atoms with Crippen LogP contribution in [0.25, 0.3) is 11.1 Å². The monoisotopic (exact) mass is 214 g/mol. The lowest BCUT2D eigenvalue weighted by atomic mass is 10.0. The zero-order chi connectivity index (χ0) is 11.5. The molecular weight excluding hydrogens is 204 g/mol. The second-order valence-electron chi connectivity index (χ2n) is 3.47. The van der Waals surface area contributed by atoms with Gasteiger partial charge in [0.05, 0.1) is 10.5 Å². The van der Waals surface area contributed by atoms with Crippen LogP contribution in [0, 0.1) is 17.0 Å². The molecule has 0 amide bonds. The van der Waals surface area contributed by atoms with Crippen molar-refractivity contribution in [3.8, 4) is 11.1 Å². The molecule has 4 heteroatoms. The first kappa shape index (κ1) is 10.3. The summed E-state index contributed by atoms with van der Waals surface area (Å²) in [6, 6.07) is 8.86. The molecule has 0 fully saturated rings. The van der Waals surface area contributed by atoms with Crippen molar-refractivity contribution in [1.82, 2.24) is 4.98 Å². The molecule has 0 unspecified atom stereocenters. The maximum Gasteiger partial charge on any atom is 0.280 e. The standard InChI is InChI=1S/C12H10N2O2/c1-9-4-2-6-11(12(9)14(15)16)10-5-3-7-13-8-10/h2-8H,1H3. The number of benzene rings is 1. The minimum Gasteiger partial charge on any atom is -0.264 e. The van der Waals surface area contributed by atoms with Crippen LogP contribution in [0.5, 0.6) is 0 Å². The Morgan fingerprint density at radius 1 is 1.25 bits per heavy atom. The summed E-state index contributed by atoms with van der Waals surface area (Å²) < 4.78 is 0. The van der Waals surface area contributed by atoms with Crippen molar-refractivity contribution in [3.05, 3.63) is 58.4 Å². The fourth-order valence-electron chi connectivity index (χ4n) is 1.66. The van der Waals surface area contributed by atoms with Gasteiger partial charge in [0, 0.05) is 23.5 Å². The largest absolute Gasteiger partial charge is 0.280 e. The van der Waals surface area contributed by atoms with Gasteiger partial charge in [0.25, 0.3) is 5.69 Å². The van der Waals surface area contributed by atoms with Gasteiger partial charge in [-0.05, 0) is 19.1 Å². The molecule has 1 heterocycles. The first-order chi connectivity index (χ1) is 7.70. The maximum absolute atomic E-state index is 11.0. The molecule has 0 spiro atoms. The van der Waals surface area contributed by atoms with Gasteiger partial charge in [-0.2, -0.15) is 0 Å². The predicted molar refractivity (Wildman–Crippen MR) is 61.1 cm³/mol. The van der Waals surface area contributed by atoms with Crippen LogP contribution in [0.3, 0.4) is 0 Å². The van der Waals surface area contributed by atoms with E-state index in [1.165, 1.54) is 0 Å². The van der Waals surface area contributed by atoms with E-state index >= 15 is 0 Å². The molecular formula is C12H10N2O2. The summed E-state index contributed by atoms with van der Waals surface area (Å²) in [4.78, 5) is 14.6. The SMILES string of the molecule is Cc1cccc(-c2cccnc2)c1[N+](=O)[O-]. The van der Waals surface area contributed by atoms with Gasteiger partial charge < -0.3 is 0 Å². The Morgan fingerprint density at radius 3 is 2.69 bits per heavy atom. The molecule has 0 radical (unpaired) electrons. The normalized spacial score (nSPS) is 10.1. The summed E-state index contributed by atoms with van der Waals surface area (Å²) in [5, 5.41) is 11.0. The van der Waals surface area contributed by atoms with Crippen molar-refractivity contribution in [2.45, 2.75) is 6.92 Å². The molecule has 2 aromatic rings. The average Bonchev–Trinajstić information content (AvgIpc) is 2.29. The number of para-hydroxylation sites is 1. The zero-order valence-electron chi connectivity index (χ0n) is 8.75. The lowest BCUT2D eigenvalue weighted by Crippen LogP contribution is -1.95. The first-order valence-electron chi connectivity index (χ1n) is 4.84. The third-order valence-corrected chi connectivity index (χ3v) is 2.39. The Hall–Kier alpha value is -2.23. The third kappa shape index (κ3) is 1.77. The third-order valence-electron chi connectivity index (χ3n) is 2.39. The lowest BCUT2D eigenvalue weighted by Gasteiger charge is -2.04. The number of pyridine rings is 1. The van der Waals surface area contributed by atoms with E-state index in [0.717, 1.165) is 5.56 Å². The van der Waals surface area contributed by atoms with Crippen molar-refractivity contribution in [2.24, 2.45) is 0 Å². The van der Waals surface area contributed by atoms with Crippen molar-refractivity contribution in [3.63, 3.8) is 0 Å². The van der Waals surface area contributed by atoms with Crippen LogP contribution in [0.1, 0.15) is 5.56 Å². The molecule has 2 rings (SSSR count). The van der Waals surface area contributed by atoms with Crippen LogP contribution >= 0.6 is 0 Å². The fourth-order valence-corrected chi connectivity index (χ4v) is 1.66. The van der Waals surface area contributed by atoms with E-state index in [-0.39, 0.29) is 10.6 Å². The summed E-state index contributed by atoms with van der Waals surface area (Å²) in [7, 11) is 0. The molecule has 0 aliphatic rings. The van der Waals surface area contributed by atoms with Crippen molar-refractivity contribution < 1.29 is 4.92 Å². The van der Waals surface area contributed by atoms with E-state index in [1.807, 2.05) is 12.1 Å². The molecule has 1 aromatic heterocycles. The van der Waals surface area contributed by atoms with Gasteiger partial charge >= 0.3 is 0 Å². The van der Waals surface area contributed by atoms with Crippen molar-refractivity contribution in [1.29, 1.82) is 0 Å². The van der Waals surface area contributed by atoms with Gasteiger partial charge in [-0.25, -0.2) is 0 Å². The number of nitrogens with zero attached hydrogens (tertiary/aromatic N) is 2. The van der Waals surface area contributed by atoms with E-state index in [0.29, 0.717) is 11.1 Å². The molecule has 0 saturated heterocycles. The fraction of sp³-hybridized carbons (Fsp3) is 0.0833. The smallest absolute Gasteiger partial charge is 0.264 e. The number of aryl methyl sites for hydroxylation is 1. The number of nitro benzene ring substituents is 1. The van der Waals surface area contributed by atoms with Crippen LogP contribution in [0.2, 0.25) is 0 Å². The highest BCUT2D eigenvalue weighted by atomic mass is 16.6. The Morgan fingerprint density at radius 2 is 2.06 bits per heavy atom. The zero-order valence-corrected chi connectivity index (χ0v) is 8.75. The summed E-state index contributed by atoms with van der Waals surface area (Å²) in [6.45, 7) is 1.73. The van der Waals surface area contributed by atoms with Crippen LogP contribution in [-0.4, -0.2) is 9.91 Å². The van der Waals surface area contributed by atoms with Gasteiger partial charge in [0.1, 0.15) is 0 Å². The molecule has 0 saturated carbocycles. The number of aromatic nitrogens is 1. The van der Waals surface area contributed by atoms with Crippen LogP contribution in [0.15, 0.2) is 42.7 Å². The minimum absolute atomic E-state index is 0.149. The molecule has 80 valence electrons. The van der Waals surface area contributed by atoms with Gasteiger partial charge in [-0.15, -0.1) is 0 Å². The van der Waals surface area contributed by atoms with Crippen LogP contribution in [0.4, 0.5) is 5.69 Å². The highest BCUT2D eigenvalue weighted by Crippen LogP contribution is 2.31. The average molecular weight is 214 g/mol. The van der Waals surface area contributed by atoms with Crippen LogP contribution in [-0.2, 0) is 0 Å². The van der Waals surface area contributed by atoms with E-state index in [9.17, 15) is 10.1 Å². The van der Waals surface area contributed by atoms with Gasteiger partial charge in [-0.1, -0.05) is 18.2 Å². The highest BCUT2D eigenvalue weighted by molar-refractivity contribution is 5.74. The number of rotatable bonds is 2. The number of nitro groups is 1. The molecule has 16 heavy (non-hydrogen) atoms. The van der Waals surface area contributed by atoms with E-state index in [1.54, 1.807) is 37.5 Å². The highest BCUT2D eigenvalue weighted by Gasteiger charge is 2.17. The summed E-state index contributed by atoms with van der Waals surface area (Å²) in [5.41, 5.74) is 2.18. The second kappa shape index (κ2) is 4.10. The number of hydrogen-bond donors (Lipinski definition) is 0. The lowest BCUT2D eigenvalue weighted by molar-refractivity contribution is -0.384. The number of hydrogen-bond acceptors (Lipinski definition) is 3. The molecule has 0 atom stereocenters. The molecule has 4 nitrogen and oxygen atoms in total. The van der Waals surface area contributed by atoms with Crippen molar-refractivity contribution >= 4 is 5.69 Å². The molecule has 1 aromatic carbocycles. The Labute approximate surface area is 92.7 Å². The van der Waals surface area contributed by atoms with Crippen LogP contribution < -0.4 is 0 Å². The minimum atomic E-state index is -0.350. The van der Waals surface area contributed by atoms with E-state index < -0.39 is 0 Å². The molecule has 0 aliphatic heterocycles. The Kier molecular flexibility index (Phi) is 2.64. The Bertz CT molecular complexity index is 524. The molecule has 0 bridgehead atoms. The van der Waals surface area contributed by atoms with E-state index in [4.69, 9.17) is 0 Å². The topological polar surface area (TPSA) is 56.0 Å². The van der Waals surface area contributed by atoms with Gasteiger partial charge in [-0.3, -0.25) is 15.1 Å². The van der Waals surface area contributed by atoms with Gasteiger partial charge in [0.15, 0.2) is 0 Å². The molecule has 0 N–H and O–H groups in total. The Balaban J connectivity index is 2.66. The first-order valence-corrected chi connectivity index (χ1v) is 4.84. The summed E-state index contributed by atoms with van der Waals surface area (Å²) in [5.74, 6) is 0. The predicted octanol–water partition coefficient (Wildman–Crippen LogP) is 2.97. The quantitative estimate of drug-likeness (QED) is 0.570. The van der Waals surface area contributed by atoms with Gasteiger partial charge in [0.2, 0.25) is 0 Å². The maximum atomic E-state index is 11.0. The summed E-state index contributed by atoms with van der Waals surface area (Å²) >= 11 is 0. The summed E-state index contributed by atoms with van der Waals surface area (Å²) in [6.07, 6.45) is 3.27. The molecule has 0 aliphatic carbocycles.